The van der Waals surface area contributed by atoms with Gasteiger partial charge >= 0.3 is 0 Å². The number of thiophene rings is 1. The maximum absolute atomic E-state index is 4.07. The molecule has 84 valence electrons. The van der Waals surface area contributed by atoms with E-state index in [-0.39, 0.29) is 0 Å². The van der Waals surface area contributed by atoms with Crippen LogP contribution < -0.4 is 0 Å². The van der Waals surface area contributed by atoms with E-state index in [2.05, 4.69) is 32.7 Å². The summed E-state index contributed by atoms with van der Waals surface area (Å²) in [5.74, 6) is 0. The molecule has 16 heavy (non-hydrogen) atoms. The summed E-state index contributed by atoms with van der Waals surface area (Å²) in [7, 11) is 0. The molecule has 1 atom stereocenters. The van der Waals surface area contributed by atoms with Crippen LogP contribution in [-0.2, 0) is 6.54 Å². The first-order valence-corrected chi connectivity index (χ1v) is 6.40. The lowest BCUT2D eigenvalue weighted by atomic mass is 10.3. The highest BCUT2D eigenvalue weighted by Gasteiger charge is 2.24. The highest BCUT2D eigenvalue weighted by molar-refractivity contribution is 7.09. The zero-order valence-corrected chi connectivity index (χ0v) is 9.81. The minimum Gasteiger partial charge on any atom is -0.296 e. The van der Waals surface area contributed by atoms with Crippen molar-refractivity contribution in [1.29, 1.82) is 0 Å². The van der Waals surface area contributed by atoms with Gasteiger partial charge in [0.15, 0.2) is 0 Å². The first-order chi connectivity index (χ1) is 7.92. The summed E-state index contributed by atoms with van der Waals surface area (Å²) in [5, 5.41) is 10.1. The smallest absolute Gasteiger partial charge is 0.0693 e. The van der Waals surface area contributed by atoms with Gasteiger partial charge in [-0.05, 0) is 17.9 Å². The van der Waals surface area contributed by atoms with E-state index in [1.807, 2.05) is 22.2 Å². The molecule has 3 heterocycles. The van der Waals surface area contributed by atoms with Crippen LogP contribution in [0.15, 0.2) is 29.9 Å². The van der Waals surface area contributed by atoms with Crippen LogP contribution in [0, 0.1) is 0 Å². The quantitative estimate of drug-likeness (QED) is 0.812. The Labute approximate surface area is 98.5 Å². The maximum Gasteiger partial charge on any atom is 0.0693 e. The fourth-order valence-electron chi connectivity index (χ4n) is 2.21. The van der Waals surface area contributed by atoms with Gasteiger partial charge in [0, 0.05) is 30.7 Å². The molecule has 1 aliphatic heterocycles. The fourth-order valence-corrected chi connectivity index (χ4v) is 2.95. The second-order valence-electron chi connectivity index (χ2n) is 4.14. The van der Waals surface area contributed by atoms with E-state index in [0.717, 1.165) is 19.6 Å². The van der Waals surface area contributed by atoms with E-state index in [0.29, 0.717) is 6.04 Å². The van der Waals surface area contributed by atoms with Crippen molar-refractivity contribution in [3.63, 3.8) is 0 Å². The van der Waals surface area contributed by atoms with Crippen molar-refractivity contribution < 1.29 is 0 Å². The predicted octanol–water partition coefficient (Wildman–Crippen LogP) is 1.79. The molecular weight excluding hydrogens is 220 g/mol. The molecule has 4 nitrogen and oxygen atoms in total. The van der Waals surface area contributed by atoms with Crippen molar-refractivity contribution >= 4 is 11.3 Å². The second-order valence-corrected chi connectivity index (χ2v) is 5.17. The Morgan fingerprint density at radius 1 is 1.50 bits per heavy atom. The minimum absolute atomic E-state index is 0.502. The van der Waals surface area contributed by atoms with Gasteiger partial charge in [-0.1, -0.05) is 11.3 Å². The number of rotatable bonds is 3. The Kier molecular flexibility index (Phi) is 2.71. The molecule has 1 fully saturated rings. The topological polar surface area (TPSA) is 34.0 Å². The molecule has 0 spiro atoms. The number of hydrogen-bond acceptors (Lipinski definition) is 4. The van der Waals surface area contributed by atoms with E-state index in [1.165, 1.54) is 11.3 Å². The highest BCUT2D eigenvalue weighted by atomic mass is 32.1. The second kappa shape index (κ2) is 4.35. The van der Waals surface area contributed by atoms with Gasteiger partial charge in [-0.15, -0.1) is 16.4 Å². The molecule has 3 rings (SSSR count). The van der Waals surface area contributed by atoms with Gasteiger partial charge in [0.1, 0.15) is 0 Å². The van der Waals surface area contributed by atoms with Crippen molar-refractivity contribution in [2.24, 2.45) is 0 Å². The Morgan fingerprint density at radius 2 is 2.50 bits per heavy atom. The van der Waals surface area contributed by atoms with Crippen LogP contribution in [0.2, 0.25) is 0 Å². The molecule has 0 aromatic carbocycles. The molecule has 5 heteroatoms. The molecule has 1 saturated heterocycles. The van der Waals surface area contributed by atoms with E-state index in [9.17, 15) is 0 Å². The zero-order chi connectivity index (χ0) is 10.8. The Hall–Kier alpha value is -1.20. The molecule has 2 aromatic rings. The lowest BCUT2D eigenvalue weighted by molar-refractivity contribution is 0.313. The summed E-state index contributed by atoms with van der Waals surface area (Å²) in [6, 6.07) is 4.82. The van der Waals surface area contributed by atoms with Crippen molar-refractivity contribution in [2.45, 2.75) is 19.0 Å². The molecule has 1 aliphatic rings. The molecule has 0 N–H and O–H groups in total. The highest BCUT2D eigenvalue weighted by Crippen LogP contribution is 2.23. The summed E-state index contributed by atoms with van der Waals surface area (Å²) >= 11 is 1.83. The third kappa shape index (κ3) is 2.01. The average molecular weight is 234 g/mol. The number of hydrogen-bond donors (Lipinski definition) is 0. The Morgan fingerprint density at radius 3 is 3.25 bits per heavy atom. The van der Waals surface area contributed by atoms with E-state index in [4.69, 9.17) is 0 Å². The van der Waals surface area contributed by atoms with Gasteiger partial charge in [0.2, 0.25) is 0 Å². The third-order valence-corrected chi connectivity index (χ3v) is 3.88. The molecule has 0 amide bonds. The summed E-state index contributed by atoms with van der Waals surface area (Å²) in [6.45, 7) is 3.31. The third-order valence-electron chi connectivity index (χ3n) is 3.02. The first kappa shape index (κ1) is 9.99. The van der Waals surface area contributed by atoms with Gasteiger partial charge in [-0.25, -0.2) is 4.68 Å². The van der Waals surface area contributed by atoms with Crippen LogP contribution in [0.1, 0.15) is 17.3 Å². The average Bonchev–Trinajstić information content (AvgIpc) is 2.99. The normalized spacial score (nSPS) is 21.6. The molecule has 2 aromatic heterocycles. The number of aromatic nitrogens is 3. The van der Waals surface area contributed by atoms with Crippen LogP contribution in [0.5, 0.6) is 0 Å². The van der Waals surface area contributed by atoms with Crippen LogP contribution in [0.25, 0.3) is 0 Å². The van der Waals surface area contributed by atoms with Crippen molar-refractivity contribution in [3.05, 3.63) is 34.8 Å². The van der Waals surface area contributed by atoms with Gasteiger partial charge in [0.05, 0.1) is 12.2 Å². The summed E-state index contributed by atoms with van der Waals surface area (Å²) < 4.78 is 1.98. The van der Waals surface area contributed by atoms with Crippen molar-refractivity contribution in [2.75, 3.05) is 13.1 Å². The zero-order valence-electron chi connectivity index (χ0n) is 8.99. The molecule has 1 unspecified atom stereocenters. The summed E-state index contributed by atoms with van der Waals surface area (Å²) in [5.41, 5.74) is 0. The fraction of sp³-hybridized carbons (Fsp3) is 0.455. The van der Waals surface area contributed by atoms with Crippen molar-refractivity contribution in [1.82, 2.24) is 19.9 Å². The minimum atomic E-state index is 0.502. The van der Waals surface area contributed by atoms with Crippen LogP contribution in [-0.4, -0.2) is 33.0 Å². The summed E-state index contributed by atoms with van der Waals surface area (Å²) in [4.78, 5) is 3.93. The van der Waals surface area contributed by atoms with Crippen molar-refractivity contribution in [3.8, 4) is 0 Å². The Bertz CT molecular complexity index is 423. The van der Waals surface area contributed by atoms with E-state index < -0.39 is 0 Å². The molecule has 0 bridgehead atoms. The van der Waals surface area contributed by atoms with Gasteiger partial charge in [0.25, 0.3) is 0 Å². The van der Waals surface area contributed by atoms with Crippen LogP contribution >= 0.6 is 11.3 Å². The SMILES string of the molecule is c1csc(CN2CCC(n3ccnn3)C2)c1. The van der Waals surface area contributed by atoms with Gasteiger partial charge in [-0.2, -0.15) is 0 Å². The molecule has 0 aliphatic carbocycles. The first-order valence-electron chi connectivity index (χ1n) is 5.52. The maximum atomic E-state index is 4.07. The van der Waals surface area contributed by atoms with Gasteiger partial charge in [-0.3, -0.25) is 4.90 Å². The lowest BCUT2D eigenvalue weighted by Crippen LogP contribution is -2.20. The molecule has 0 saturated carbocycles. The monoisotopic (exact) mass is 234 g/mol. The molecule has 0 radical (unpaired) electrons. The lowest BCUT2D eigenvalue weighted by Gasteiger charge is -2.14. The van der Waals surface area contributed by atoms with Gasteiger partial charge < -0.3 is 0 Å². The Balaban J connectivity index is 1.61. The predicted molar refractivity (Wildman–Crippen MR) is 63.3 cm³/mol. The number of likely N-dealkylation sites (tertiary alicyclic amines) is 1. The van der Waals surface area contributed by atoms with E-state index in [1.54, 1.807) is 6.20 Å². The van der Waals surface area contributed by atoms with Crippen LogP contribution in [0.3, 0.4) is 0 Å². The molecular formula is C11H14N4S. The van der Waals surface area contributed by atoms with Crippen LogP contribution in [0.4, 0.5) is 0 Å². The summed E-state index contributed by atoms with van der Waals surface area (Å²) in [6.07, 6.45) is 4.88. The number of nitrogens with zero attached hydrogens (tertiary/aromatic N) is 4. The largest absolute Gasteiger partial charge is 0.296 e. The van der Waals surface area contributed by atoms with E-state index >= 15 is 0 Å². The standard InChI is InChI=1S/C11H14N4S/c1-2-11(16-7-1)9-14-5-3-10(8-14)15-6-4-12-13-15/h1-2,4,6-7,10H,3,5,8-9H2.